The van der Waals surface area contributed by atoms with Gasteiger partial charge in [-0.1, -0.05) is 37.3 Å². The maximum absolute atomic E-state index is 10.8. The van der Waals surface area contributed by atoms with E-state index in [0.717, 1.165) is 5.56 Å². The second-order valence-electron chi connectivity index (χ2n) is 4.39. The van der Waals surface area contributed by atoms with Crippen LogP contribution in [0.1, 0.15) is 12.5 Å². The van der Waals surface area contributed by atoms with Crippen molar-refractivity contribution in [3.8, 4) is 0 Å². The Balaban J connectivity index is 1.72. The predicted octanol–water partition coefficient (Wildman–Crippen LogP) is 2.17. The van der Waals surface area contributed by atoms with Crippen molar-refractivity contribution in [3.63, 3.8) is 0 Å². The fraction of sp³-hybridized carbons (Fsp3) is 0.462. The number of carbonyl (C=O) groups is 1. The molecular formula is C13H16O3. The molecule has 0 aromatic heterocycles. The largest absolute Gasteiger partial charge is 0.481 e. The van der Waals surface area contributed by atoms with Crippen LogP contribution in [0.4, 0.5) is 0 Å². The van der Waals surface area contributed by atoms with Gasteiger partial charge in [-0.2, -0.15) is 0 Å². The first-order valence-electron chi connectivity index (χ1n) is 5.54. The Morgan fingerprint density at radius 2 is 2.06 bits per heavy atom. The minimum atomic E-state index is -0.694. The van der Waals surface area contributed by atoms with Gasteiger partial charge in [0.2, 0.25) is 0 Å². The summed E-state index contributed by atoms with van der Waals surface area (Å²) < 4.78 is 5.53. The average molecular weight is 220 g/mol. The molecule has 1 saturated carbocycles. The van der Waals surface area contributed by atoms with E-state index in [-0.39, 0.29) is 17.8 Å². The molecule has 2 rings (SSSR count). The lowest BCUT2D eigenvalue weighted by molar-refractivity contribution is -0.139. The average Bonchev–Trinajstić information content (AvgIpc) is 2.91. The Morgan fingerprint density at radius 3 is 2.62 bits per heavy atom. The number of benzene rings is 1. The third-order valence-electron chi connectivity index (χ3n) is 3.27. The van der Waals surface area contributed by atoms with E-state index in [1.165, 1.54) is 0 Å². The predicted molar refractivity (Wildman–Crippen MR) is 59.9 cm³/mol. The molecule has 3 heteroatoms. The summed E-state index contributed by atoms with van der Waals surface area (Å²) in [5.41, 5.74) is 1.13. The van der Waals surface area contributed by atoms with E-state index in [2.05, 4.69) is 0 Å². The highest BCUT2D eigenvalue weighted by Gasteiger charge is 2.51. The molecule has 0 aliphatic heterocycles. The van der Waals surface area contributed by atoms with Gasteiger partial charge in [-0.15, -0.1) is 0 Å². The minimum Gasteiger partial charge on any atom is -0.481 e. The number of ether oxygens (including phenoxy) is 1. The summed E-state index contributed by atoms with van der Waals surface area (Å²) in [4.78, 5) is 10.8. The molecule has 0 saturated heterocycles. The van der Waals surface area contributed by atoms with Crippen LogP contribution in [0.2, 0.25) is 0 Å². The van der Waals surface area contributed by atoms with E-state index in [1.807, 2.05) is 37.3 Å². The number of hydrogen-bond donors (Lipinski definition) is 1. The molecule has 0 amide bonds. The van der Waals surface area contributed by atoms with E-state index < -0.39 is 5.97 Å². The van der Waals surface area contributed by atoms with Gasteiger partial charge >= 0.3 is 5.97 Å². The normalized spacial score (nSPS) is 27.7. The van der Waals surface area contributed by atoms with Gasteiger partial charge in [0.1, 0.15) is 0 Å². The zero-order chi connectivity index (χ0) is 11.5. The van der Waals surface area contributed by atoms with Gasteiger partial charge in [-0.3, -0.25) is 4.79 Å². The van der Waals surface area contributed by atoms with Gasteiger partial charge in [0.15, 0.2) is 0 Å². The molecule has 1 aromatic carbocycles. The van der Waals surface area contributed by atoms with Gasteiger partial charge in [0.05, 0.1) is 19.1 Å². The van der Waals surface area contributed by atoms with Crippen molar-refractivity contribution < 1.29 is 14.6 Å². The lowest BCUT2D eigenvalue weighted by atomic mass is 10.2. The van der Waals surface area contributed by atoms with Crippen LogP contribution in [0.25, 0.3) is 0 Å². The van der Waals surface area contributed by atoms with Gasteiger partial charge < -0.3 is 9.84 Å². The van der Waals surface area contributed by atoms with Crippen LogP contribution in [0.5, 0.6) is 0 Å². The highest BCUT2D eigenvalue weighted by atomic mass is 16.5. The number of rotatable bonds is 5. The third-order valence-corrected chi connectivity index (χ3v) is 3.27. The van der Waals surface area contributed by atoms with Gasteiger partial charge in [-0.25, -0.2) is 0 Å². The summed E-state index contributed by atoms with van der Waals surface area (Å²) in [6.07, 6.45) is 0. The Bertz CT molecular complexity index is 361. The fourth-order valence-electron chi connectivity index (χ4n) is 2.10. The van der Waals surface area contributed by atoms with Crippen LogP contribution in [-0.2, 0) is 16.1 Å². The molecule has 0 bridgehead atoms. The van der Waals surface area contributed by atoms with Crippen LogP contribution in [-0.4, -0.2) is 17.7 Å². The topological polar surface area (TPSA) is 46.5 Å². The molecule has 1 aromatic rings. The summed E-state index contributed by atoms with van der Waals surface area (Å²) in [6, 6.07) is 9.92. The lowest BCUT2D eigenvalue weighted by Crippen LogP contribution is -2.04. The monoisotopic (exact) mass is 220 g/mol. The van der Waals surface area contributed by atoms with E-state index in [0.29, 0.717) is 13.2 Å². The Kier molecular flexibility index (Phi) is 3.25. The van der Waals surface area contributed by atoms with E-state index >= 15 is 0 Å². The van der Waals surface area contributed by atoms with Crippen LogP contribution >= 0.6 is 0 Å². The molecule has 3 nitrogen and oxygen atoms in total. The second kappa shape index (κ2) is 4.66. The Hall–Kier alpha value is -1.35. The van der Waals surface area contributed by atoms with Crippen LogP contribution in [0.3, 0.4) is 0 Å². The third kappa shape index (κ3) is 2.42. The molecule has 0 spiro atoms. The summed E-state index contributed by atoms with van der Waals surface area (Å²) in [6.45, 7) is 3.08. The van der Waals surface area contributed by atoms with Crippen molar-refractivity contribution >= 4 is 5.97 Å². The summed E-state index contributed by atoms with van der Waals surface area (Å²) in [5.74, 6) is -0.439. The van der Waals surface area contributed by atoms with Crippen molar-refractivity contribution in [1.29, 1.82) is 0 Å². The standard InChI is InChI=1S/C13H16O3/c1-9-11(12(9)13(14)15)8-16-7-10-5-3-2-4-6-10/h2-6,9,11-12H,7-8H2,1H3,(H,14,15)/t9?,11-,12-/m0/s1. The van der Waals surface area contributed by atoms with Crippen LogP contribution in [0, 0.1) is 17.8 Å². The second-order valence-corrected chi connectivity index (χ2v) is 4.39. The first-order valence-corrected chi connectivity index (χ1v) is 5.54. The van der Waals surface area contributed by atoms with Crippen molar-refractivity contribution in [1.82, 2.24) is 0 Å². The molecule has 1 fully saturated rings. The smallest absolute Gasteiger partial charge is 0.307 e. The summed E-state index contributed by atoms with van der Waals surface area (Å²) in [7, 11) is 0. The highest BCUT2D eigenvalue weighted by Crippen LogP contribution is 2.46. The number of aliphatic carboxylic acids is 1. The molecule has 3 atom stereocenters. The first-order chi connectivity index (χ1) is 7.70. The zero-order valence-electron chi connectivity index (χ0n) is 9.30. The Morgan fingerprint density at radius 1 is 1.38 bits per heavy atom. The van der Waals surface area contributed by atoms with Gasteiger partial charge in [0, 0.05) is 0 Å². The number of carboxylic acid groups (broad SMARTS) is 1. The summed E-state index contributed by atoms with van der Waals surface area (Å²) in [5, 5.41) is 8.85. The fourth-order valence-corrected chi connectivity index (χ4v) is 2.10. The summed E-state index contributed by atoms with van der Waals surface area (Å²) >= 11 is 0. The molecule has 0 radical (unpaired) electrons. The lowest BCUT2D eigenvalue weighted by Gasteiger charge is -2.03. The van der Waals surface area contributed by atoms with Crippen molar-refractivity contribution in [2.24, 2.45) is 17.8 Å². The van der Waals surface area contributed by atoms with Gasteiger partial charge in [0.25, 0.3) is 0 Å². The number of carboxylic acids is 1. The molecule has 1 aliphatic rings. The molecule has 1 unspecified atom stereocenters. The maximum Gasteiger partial charge on any atom is 0.307 e. The van der Waals surface area contributed by atoms with Crippen molar-refractivity contribution in [3.05, 3.63) is 35.9 Å². The zero-order valence-corrected chi connectivity index (χ0v) is 9.30. The highest BCUT2D eigenvalue weighted by molar-refractivity contribution is 5.74. The molecule has 1 N–H and O–H groups in total. The molecular weight excluding hydrogens is 204 g/mol. The van der Waals surface area contributed by atoms with Crippen molar-refractivity contribution in [2.75, 3.05) is 6.61 Å². The maximum atomic E-state index is 10.8. The van der Waals surface area contributed by atoms with E-state index in [9.17, 15) is 4.79 Å². The van der Waals surface area contributed by atoms with Crippen LogP contribution < -0.4 is 0 Å². The van der Waals surface area contributed by atoms with E-state index in [4.69, 9.17) is 9.84 Å². The van der Waals surface area contributed by atoms with Crippen molar-refractivity contribution in [2.45, 2.75) is 13.5 Å². The van der Waals surface area contributed by atoms with E-state index in [1.54, 1.807) is 0 Å². The molecule has 16 heavy (non-hydrogen) atoms. The molecule has 1 aliphatic carbocycles. The van der Waals surface area contributed by atoms with Gasteiger partial charge in [-0.05, 0) is 17.4 Å². The quantitative estimate of drug-likeness (QED) is 0.827. The Labute approximate surface area is 95.0 Å². The minimum absolute atomic E-state index is 0.196. The molecule has 86 valence electrons. The SMILES string of the molecule is CC1[C@H](COCc2ccccc2)[C@H]1C(=O)O. The first kappa shape index (κ1) is 11.1. The van der Waals surface area contributed by atoms with Crippen LogP contribution in [0.15, 0.2) is 30.3 Å². The number of hydrogen-bond acceptors (Lipinski definition) is 2. The molecule has 0 heterocycles.